The maximum atomic E-state index is 11.2. The number of phenols is 1. The zero-order valence-corrected chi connectivity index (χ0v) is 29.4. The van der Waals surface area contributed by atoms with E-state index in [0.717, 1.165) is 24.2 Å². The van der Waals surface area contributed by atoms with Crippen LogP contribution in [-0.4, -0.2) is 18.3 Å². The number of hydrogen-bond acceptors (Lipinski definition) is 3. The van der Waals surface area contributed by atoms with Crippen LogP contribution in [0.3, 0.4) is 0 Å². The van der Waals surface area contributed by atoms with Gasteiger partial charge < -0.3 is 14.6 Å². The van der Waals surface area contributed by atoms with E-state index < -0.39 is 0 Å². The molecular formula is C41H58O3. The molecule has 0 aliphatic heterocycles. The molecule has 0 saturated heterocycles. The Hall–Kier alpha value is -2.26. The molecule has 44 heavy (non-hydrogen) atoms. The topological polar surface area (TPSA) is 38.7 Å². The van der Waals surface area contributed by atoms with Crippen LogP contribution in [-0.2, 0) is 15.6 Å². The molecule has 2 fully saturated rings. The van der Waals surface area contributed by atoms with Gasteiger partial charge in [0.15, 0.2) is 0 Å². The van der Waals surface area contributed by atoms with Crippen molar-refractivity contribution in [3.05, 3.63) is 63.7 Å². The van der Waals surface area contributed by atoms with E-state index in [0.29, 0.717) is 17.6 Å². The van der Waals surface area contributed by atoms with Crippen molar-refractivity contribution in [2.45, 2.75) is 143 Å². The van der Waals surface area contributed by atoms with E-state index in [9.17, 15) is 5.11 Å². The lowest BCUT2D eigenvalue weighted by Crippen LogP contribution is -2.58. The largest absolute Gasteiger partial charge is 0.508 e. The Bertz CT molecular complexity index is 1460. The Morgan fingerprint density at radius 2 is 1.39 bits per heavy atom. The molecule has 0 bridgehead atoms. The molecule has 1 N–H and O–H groups in total. The normalized spacial score (nSPS) is 33.4. The fourth-order valence-corrected chi connectivity index (χ4v) is 10.8. The highest BCUT2D eigenvalue weighted by Gasteiger charge is 2.59. The number of benzene rings is 2. The summed E-state index contributed by atoms with van der Waals surface area (Å²) in [5.74, 6) is 2.77. The van der Waals surface area contributed by atoms with Crippen LogP contribution in [0.15, 0.2) is 30.3 Å². The molecule has 4 aliphatic rings. The van der Waals surface area contributed by atoms with Gasteiger partial charge in [0.25, 0.3) is 0 Å². The first kappa shape index (κ1) is 31.7. The first-order valence-corrected chi connectivity index (χ1v) is 17.5. The molecule has 2 saturated carbocycles. The van der Waals surface area contributed by atoms with E-state index in [1.807, 2.05) is 7.11 Å². The number of fused-ring (bicyclic) bond motifs is 6. The summed E-state index contributed by atoms with van der Waals surface area (Å²) < 4.78 is 14.0. The Balaban J connectivity index is 1.54. The average molecular weight is 599 g/mol. The van der Waals surface area contributed by atoms with Crippen LogP contribution in [0.4, 0.5) is 0 Å². The number of hydrogen-bond donors (Lipinski definition) is 1. The molecule has 240 valence electrons. The smallest absolute Gasteiger partial charge is 0.133 e. The van der Waals surface area contributed by atoms with Gasteiger partial charge in [0.05, 0.1) is 0 Å². The predicted molar refractivity (Wildman–Crippen MR) is 183 cm³/mol. The third kappa shape index (κ3) is 4.69. The van der Waals surface area contributed by atoms with Crippen LogP contribution in [0.5, 0.6) is 11.5 Å². The summed E-state index contributed by atoms with van der Waals surface area (Å²) in [6.07, 6.45) is 11.7. The summed E-state index contributed by atoms with van der Waals surface area (Å²) in [5, 5.41) is 11.2. The van der Waals surface area contributed by atoms with E-state index in [2.05, 4.69) is 106 Å². The minimum Gasteiger partial charge on any atom is -0.508 e. The van der Waals surface area contributed by atoms with Crippen molar-refractivity contribution in [1.82, 2.24) is 0 Å². The van der Waals surface area contributed by atoms with Crippen LogP contribution >= 0.6 is 0 Å². The standard InChI is InChI=1S/C41H58O3/c1-24(2)27-21-29-31(22-32(27)42)41(10)19-13-17-39(7,8)37(41)36(35(29)43-11)44-33-23-30-26(20-28(33)25(3)4)14-15-34-38(5,6)16-12-18-40(30,34)9/h14-15,20-25,34-37,42H,12-13,16-19H2,1-11H3/t34-,35-,36-,37+,40-,41+/m0/s1. The quantitative estimate of drug-likeness (QED) is 0.372. The molecule has 2 aromatic rings. The average Bonchev–Trinajstić information content (AvgIpc) is 2.92. The summed E-state index contributed by atoms with van der Waals surface area (Å²) in [6, 6.07) is 9.21. The van der Waals surface area contributed by atoms with Gasteiger partial charge in [-0.05, 0) is 123 Å². The first-order valence-electron chi connectivity index (χ1n) is 17.5. The molecular weight excluding hydrogens is 540 g/mol. The van der Waals surface area contributed by atoms with Gasteiger partial charge in [0.2, 0.25) is 0 Å². The maximum absolute atomic E-state index is 11.2. The fraction of sp³-hybridized carbons (Fsp3) is 0.659. The van der Waals surface area contributed by atoms with Crippen molar-refractivity contribution in [3.8, 4) is 11.5 Å². The molecule has 0 unspecified atom stereocenters. The summed E-state index contributed by atoms with van der Waals surface area (Å²) in [7, 11) is 1.85. The lowest BCUT2D eigenvalue weighted by molar-refractivity contribution is -0.113. The second-order valence-corrected chi connectivity index (χ2v) is 17.4. The van der Waals surface area contributed by atoms with Crippen molar-refractivity contribution >= 4 is 6.08 Å². The zero-order chi connectivity index (χ0) is 32.0. The minimum atomic E-state index is -0.216. The van der Waals surface area contributed by atoms with Crippen LogP contribution < -0.4 is 4.74 Å². The molecule has 0 aromatic heterocycles. The molecule has 0 amide bonds. The third-order valence-electron chi connectivity index (χ3n) is 12.9. The fourth-order valence-electron chi connectivity index (χ4n) is 10.8. The van der Waals surface area contributed by atoms with Gasteiger partial charge in [-0.25, -0.2) is 0 Å². The highest BCUT2D eigenvalue weighted by molar-refractivity contribution is 5.65. The van der Waals surface area contributed by atoms with Crippen molar-refractivity contribution in [3.63, 3.8) is 0 Å². The summed E-state index contributed by atoms with van der Waals surface area (Å²) in [4.78, 5) is 0. The third-order valence-corrected chi connectivity index (χ3v) is 12.9. The monoisotopic (exact) mass is 598 g/mol. The molecule has 3 nitrogen and oxygen atoms in total. The van der Waals surface area contributed by atoms with E-state index in [1.165, 1.54) is 53.5 Å². The summed E-state index contributed by atoms with van der Waals surface area (Å²) in [5.41, 5.74) is 7.87. The van der Waals surface area contributed by atoms with Gasteiger partial charge in [-0.2, -0.15) is 0 Å². The lowest BCUT2D eigenvalue weighted by atomic mass is 9.48. The van der Waals surface area contributed by atoms with Crippen molar-refractivity contribution < 1.29 is 14.6 Å². The van der Waals surface area contributed by atoms with Gasteiger partial charge in [-0.3, -0.25) is 0 Å². The Morgan fingerprint density at radius 3 is 2.02 bits per heavy atom. The van der Waals surface area contributed by atoms with Gasteiger partial charge in [0.1, 0.15) is 23.7 Å². The molecule has 2 aromatic carbocycles. The summed E-state index contributed by atoms with van der Waals surface area (Å²) in [6.45, 7) is 23.6. The number of methoxy groups -OCH3 is 1. The Morgan fingerprint density at radius 1 is 0.750 bits per heavy atom. The molecule has 0 radical (unpaired) electrons. The van der Waals surface area contributed by atoms with Gasteiger partial charge in [-0.1, -0.05) is 94.2 Å². The molecule has 6 atom stereocenters. The van der Waals surface area contributed by atoms with Crippen LogP contribution in [0.25, 0.3) is 6.08 Å². The van der Waals surface area contributed by atoms with Gasteiger partial charge in [0, 0.05) is 13.0 Å². The van der Waals surface area contributed by atoms with Gasteiger partial charge >= 0.3 is 0 Å². The second-order valence-electron chi connectivity index (χ2n) is 17.4. The Labute approximate surface area is 267 Å². The second kappa shape index (κ2) is 10.6. The number of ether oxygens (including phenoxy) is 2. The lowest BCUT2D eigenvalue weighted by Gasteiger charge is -2.58. The van der Waals surface area contributed by atoms with Crippen LogP contribution in [0.2, 0.25) is 0 Å². The predicted octanol–water partition coefficient (Wildman–Crippen LogP) is 11.0. The van der Waals surface area contributed by atoms with Crippen molar-refractivity contribution in [2.75, 3.05) is 7.11 Å². The van der Waals surface area contributed by atoms with E-state index >= 15 is 0 Å². The highest BCUT2D eigenvalue weighted by atomic mass is 16.5. The van der Waals surface area contributed by atoms with E-state index in [4.69, 9.17) is 9.47 Å². The first-order chi connectivity index (χ1) is 20.5. The highest BCUT2D eigenvalue weighted by Crippen LogP contribution is 2.62. The van der Waals surface area contributed by atoms with E-state index in [1.54, 1.807) is 0 Å². The van der Waals surface area contributed by atoms with Crippen molar-refractivity contribution in [1.29, 1.82) is 0 Å². The molecule has 6 rings (SSSR count). The maximum Gasteiger partial charge on any atom is 0.133 e. The minimum absolute atomic E-state index is 0.0535. The number of rotatable bonds is 5. The Kier molecular flexibility index (Phi) is 7.67. The molecule has 4 aliphatic carbocycles. The van der Waals surface area contributed by atoms with Crippen LogP contribution in [0, 0.1) is 22.7 Å². The number of phenolic OH excluding ortho intramolecular Hbond substituents is 1. The SMILES string of the molecule is CO[C@H]1c2cc(C(C)C)c(O)cc2[C@@]2(C)CCCC(C)(C)[C@H]2[C@H]1Oc1cc2c(cc1C(C)C)C=C[C@H]1C(C)(C)CCC[C@@]21C. The van der Waals surface area contributed by atoms with E-state index in [-0.39, 0.29) is 45.7 Å². The molecule has 0 heterocycles. The molecule has 3 heteroatoms. The zero-order valence-electron chi connectivity index (χ0n) is 29.4. The number of aromatic hydroxyl groups is 1. The van der Waals surface area contributed by atoms with Crippen LogP contribution in [0.1, 0.15) is 159 Å². The molecule has 0 spiro atoms. The number of allylic oxidation sites excluding steroid dienone is 1. The summed E-state index contributed by atoms with van der Waals surface area (Å²) >= 11 is 0. The van der Waals surface area contributed by atoms with Gasteiger partial charge in [-0.15, -0.1) is 0 Å². The van der Waals surface area contributed by atoms with Crippen molar-refractivity contribution in [2.24, 2.45) is 22.7 Å².